The number of hydrogen-bond donors (Lipinski definition) is 1. The summed E-state index contributed by atoms with van der Waals surface area (Å²) in [6, 6.07) is 3.68. The van der Waals surface area contributed by atoms with Gasteiger partial charge in [-0.25, -0.2) is 4.79 Å². The van der Waals surface area contributed by atoms with E-state index in [1.54, 1.807) is 14.2 Å². The molecular weight excluding hydrogens is 498 g/mol. The highest BCUT2D eigenvalue weighted by Gasteiger charge is 2.44. The lowest BCUT2D eigenvalue weighted by molar-refractivity contribution is -0.146. The summed E-state index contributed by atoms with van der Waals surface area (Å²) in [4.78, 5) is 27.2. The van der Waals surface area contributed by atoms with Crippen LogP contribution in [0.4, 0.5) is 0 Å². The predicted molar refractivity (Wildman–Crippen MR) is 134 cm³/mol. The fourth-order valence-corrected chi connectivity index (χ4v) is 6.17. The fourth-order valence-electron chi connectivity index (χ4n) is 5.55. The number of esters is 1. The SMILES string of the molecule is COc1cc(Br)c(OC)c([C@@H]2C(C(=O)OC3CCCCC3)=C(C)NC3=C2C(=O)CC(C)(C)C3)c1. The zero-order valence-electron chi connectivity index (χ0n) is 20.7. The Hall–Kier alpha value is -2.28. The molecule has 0 spiro atoms. The number of methoxy groups -OCH3 is 2. The number of Topliss-reactive ketones (excluding diaryl/α,β-unsaturated/α-hetero) is 1. The summed E-state index contributed by atoms with van der Waals surface area (Å²) < 4.78 is 18.0. The van der Waals surface area contributed by atoms with Crippen LogP contribution in [0.15, 0.2) is 39.1 Å². The van der Waals surface area contributed by atoms with Crippen LogP contribution in [-0.4, -0.2) is 32.1 Å². The van der Waals surface area contributed by atoms with Crippen LogP contribution in [-0.2, 0) is 14.3 Å². The van der Waals surface area contributed by atoms with E-state index in [0.717, 1.165) is 43.5 Å². The van der Waals surface area contributed by atoms with Crippen LogP contribution in [0, 0.1) is 5.41 Å². The summed E-state index contributed by atoms with van der Waals surface area (Å²) in [7, 11) is 3.19. The minimum atomic E-state index is -0.600. The molecule has 0 amide bonds. The van der Waals surface area contributed by atoms with E-state index < -0.39 is 5.92 Å². The van der Waals surface area contributed by atoms with E-state index in [9.17, 15) is 9.59 Å². The summed E-state index contributed by atoms with van der Waals surface area (Å²) in [6.45, 7) is 6.09. The van der Waals surface area contributed by atoms with Gasteiger partial charge in [0.05, 0.1) is 30.2 Å². The lowest BCUT2D eigenvalue weighted by Crippen LogP contribution is -2.39. The molecule has 1 atom stereocenters. The summed E-state index contributed by atoms with van der Waals surface area (Å²) in [5.41, 5.74) is 3.24. The number of carbonyl (C=O) groups is 2. The van der Waals surface area contributed by atoms with E-state index in [1.165, 1.54) is 6.42 Å². The molecular formula is C27H34BrNO5. The van der Waals surface area contributed by atoms with E-state index in [-0.39, 0.29) is 23.3 Å². The van der Waals surface area contributed by atoms with Gasteiger partial charge in [-0.15, -0.1) is 0 Å². The van der Waals surface area contributed by atoms with Crippen molar-refractivity contribution in [3.8, 4) is 11.5 Å². The predicted octanol–water partition coefficient (Wildman–Crippen LogP) is 5.95. The number of ketones is 1. The third-order valence-electron chi connectivity index (χ3n) is 7.08. The van der Waals surface area contributed by atoms with Crippen LogP contribution in [0.3, 0.4) is 0 Å². The lowest BCUT2D eigenvalue weighted by atomic mass is 9.68. The molecule has 2 aliphatic carbocycles. The minimum absolute atomic E-state index is 0.0419. The summed E-state index contributed by atoms with van der Waals surface area (Å²) in [5.74, 6) is 0.266. The van der Waals surface area contributed by atoms with Crippen molar-refractivity contribution < 1.29 is 23.8 Å². The third kappa shape index (κ3) is 4.77. The van der Waals surface area contributed by atoms with Gasteiger partial charge in [0, 0.05) is 29.0 Å². The second kappa shape index (κ2) is 9.76. The van der Waals surface area contributed by atoms with Gasteiger partial charge in [0.25, 0.3) is 0 Å². The molecule has 3 aliphatic rings. The minimum Gasteiger partial charge on any atom is -0.497 e. The van der Waals surface area contributed by atoms with E-state index in [0.29, 0.717) is 39.1 Å². The first kappa shape index (κ1) is 24.8. The van der Waals surface area contributed by atoms with Crippen LogP contribution in [0.25, 0.3) is 0 Å². The van der Waals surface area contributed by atoms with Crippen molar-refractivity contribution in [3.63, 3.8) is 0 Å². The van der Waals surface area contributed by atoms with Crippen LogP contribution in [0.2, 0.25) is 0 Å². The third-order valence-corrected chi connectivity index (χ3v) is 7.67. The molecule has 1 N–H and O–H groups in total. The van der Waals surface area contributed by atoms with Crippen molar-refractivity contribution in [2.45, 2.75) is 77.7 Å². The Bertz CT molecular complexity index is 1070. The maximum absolute atomic E-state index is 13.7. The van der Waals surface area contributed by atoms with Gasteiger partial charge < -0.3 is 19.5 Å². The number of rotatable bonds is 5. The molecule has 6 nitrogen and oxygen atoms in total. The van der Waals surface area contributed by atoms with Crippen molar-refractivity contribution >= 4 is 27.7 Å². The van der Waals surface area contributed by atoms with Gasteiger partial charge in [-0.05, 0) is 72.5 Å². The Labute approximate surface area is 210 Å². The first-order valence-electron chi connectivity index (χ1n) is 12.0. The Morgan fingerprint density at radius 1 is 1.09 bits per heavy atom. The Kier molecular flexibility index (Phi) is 7.13. The summed E-state index contributed by atoms with van der Waals surface area (Å²) >= 11 is 3.58. The van der Waals surface area contributed by atoms with Gasteiger partial charge in [-0.3, -0.25) is 4.79 Å². The molecule has 1 saturated carbocycles. The van der Waals surface area contributed by atoms with Gasteiger partial charge in [-0.1, -0.05) is 20.3 Å². The topological polar surface area (TPSA) is 73.9 Å². The molecule has 0 bridgehead atoms. The first-order valence-corrected chi connectivity index (χ1v) is 12.8. The van der Waals surface area contributed by atoms with E-state index in [1.807, 2.05) is 19.1 Å². The highest BCUT2D eigenvalue weighted by Crippen LogP contribution is 2.50. The van der Waals surface area contributed by atoms with Crippen molar-refractivity contribution in [1.29, 1.82) is 0 Å². The maximum Gasteiger partial charge on any atom is 0.337 e. The number of halogens is 1. The van der Waals surface area contributed by atoms with Crippen molar-refractivity contribution in [2.75, 3.05) is 14.2 Å². The van der Waals surface area contributed by atoms with Gasteiger partial charge in [0.1, 0.15) is 17.6 Å². The molecule has 1 aromatic carbocycles. The smallest absolute Gasteiger partial charge is 0.337 e. The second-order valence-corrected chi connectivity index (χ2v) is 11.2. The molecule has 1 aliphatic heterocycles. The van der Waals surface area contributed by atoms with Crippen molar-refractivity contribution in [3.05, 3.63) is 44.7 Å². The van der Waals surface area contributed by atoms with Crippen LogP contribution < -0.4 is 14.8 Å². The molecule has 1 aromatic rings. The number of nitrogens with one attached hydrogen (secondary N) is 1. The number of dihydropyridines is 1. The molecule has 7 heteroatoms. The zero-order valence-corrected chi connectivity index (χ0v) is 22.3. The molecule has 1 fully saturated rings. The monoisotopic (exact) mass is 531 g/mol. The average Bonchev–Trinajstić information content (AvgIpc) is 2.77. The average molecular weight is 532 g/mol. The highest BCUT2D eigenvalue weighted by molar-refractivity contribution is 9.10. The molecule has 0 saturated heterocycles. The largest absolute Gasteiger partial charge is 0.497 e. The Morgan fingerprint density at radius 2 is 1.79 bits per heavy atom. The second-order valence-electron chi connectivity index (χ2n) is 10.3. The molecule has 184 valence electrons. The van der Waals surface area contributed by atoms with Crippen molar-refractivity contribution in [1.82, 2.24) is 5.32 Å². The number of benzene rings is 1. The lowest BCUT2D eigenvalue weighted by Gasteiger charge is -2.40. The molecule has 0 radical (unpaired) electrons. The molecule has 0 unspecified atom stereocenters. The van der Waals surface area contributed by atoms with Gasteiger partial charge in [0.2, 0.25) is 0 Å². The molecule has 0 aromatic heterocycles. The number of ether oxygens (including phenoxy) is 3. The van der Waals surface area contributed by atoms with Crippen molar-refractivity contribution in [2.24, 2.45) is 5.41 Å². The number of allylic oxidation sites excluding steroid dienone is 3. The highest BCUT2D eigenvalue weighted by atomic mass is 79.9. The fraction of sp³-hybridized carbons (Fsp3) is 0.556. The standard InChI is InChI=1S/C27H34BrNO5/c1-15-22(26(31)34-16-9-7-6-8-10-16)23(18-11-17(32-4)12-19(28)25(18)33-5)24-20(29-15)13-27(2,3)14-21(24)30/h11-12,16,23,29H,6-10,13-14H2,1-5H3/t23-/m1/s1. The maximum atomic E-state index is 13.7. The van der Waals surface area contributed by atoms with Crippen LogP contribution >= 0.6 is 15.9 Å². The first-order chi connectivity index (χ1) is 16.1. The van der Waals surface area contributed by atoms with Crippen LogP contribution in [0.1, 0.15) is 77.2 Å². The van der Waals surface area contributed by atoms with Crippen LogP contribution in [0.5, 0.6) is 11.5 Å². The normalized spacial score (nSPS) is 22.8. The van der Waals surface area contributed by atoms with Gasteiger partial charge in [0.15, 0.2) is 5.78 Å². The quantitative estimate of drug-likeness (QED) is 0.473. The van der Waals surface area contributed by atoms with E-state index in [2.05, 4.69) is 35.1 Å². The van der Waals surface area contributed by atoms with Gasteiger partial charge >= 0.3 is 5.97 Å². The number of carbonyl (C=O) groups excluding carboxylic acids is 2. The van der Waals surface area contributed by atoms with E-state index >= 15 is 0 Å². The summed E-state index contributed by atoms with van der Waals surface area (Å²) in [5, 5.41) is 3.41. The Balaban J connectivity index is 1.87. The molecule has 4 rings (SSSR count). The van der Waals surface area contributed by atoms with E-state index in [4.69, 9.17) is 14.2 Å². The summed E-state index contributed by atoms with van der Waals surface area (Å²) in [6.07, 6.45) is 6.12. The number of hydrogen-bond acceptors (Lipinski definition) is 6. The molecule has 34 heavy (non-hydrogen) atoms. The Morgan fingerprint density at radius 3 is 2.44 bits per heavy atom. The van der Waals surface area contributed by atoms with Gasteiger partial charge in [-0.2, -0.15) is 0 Å². The molecule has 1 heterocycles. The zero-order chi connectivity index (χ0) is 24.6.